The van der Waals surface area contributed by atoms with Gasteiger partial charge in [0.05, 0.1) is 16.7 Å². The van der Waals surface area contributed by atoms with Crippen LogP contribution in [-0.2, 0) is 12.0 Å². The summed E-state index contributed by atoms with van der Waals surface area (Å²) in [5.41, 5.74) is 5.78. The van der Waals surface area contributed by atoms with Crippen LogP contribution in [0, 0.1) is 11.8 Å². The fourth-order valence-electron chi connectivity index (χ4n) is 7.09. The van der Waals surface area contributed by atoms with E-state index in [2.05, 4.69) is 29.7 Å². The van der Waals surface area contributed by atoms with Crippen LogP contribution in [0.15, 0.2) is 84.9 Å². The smallest absolute Gasteiger partial charge is 0.426 e. The number of rotatable bonds is 6. The number of benzene rings is 3. The van der Waals surface area contributed by atoms with Crippen LogP contribution in [-0.4, -0.2) is 32.6 Å². The second-order valence-corrected chi connectivity index (χ2v) is 12.6. The van der Waals surface area contributed by atoms with Gasteiger partial charge in [-0.3, -0.25) is 10.2 Å². The van der Waals surface area contributed by atoms with Gasteiger partial charge in [0, 0.05) is 16.4 Å². The summed E-state index contributed by atoms with van der Waals surface area (Å²) in [4.78, 5) is 30.7. The van der Waals surface area contributed by atoms with Gasteiger partial charge in [0.25, 0.3) is 5.91 Å². The maximum atomic E-state index is 13.9. The van der Waals surface area contributed by atoms with Crippen molar-refractivity contribution in [1.29, 1.82) is 0 Å². The third-order valence-corrected chi connectivity index (χ3v) is 8.97. The first-order valence-corrected chi connectivity index (χ1v) is 14.7. The monoisotopic (exact) mass is 563 g/mol. The Morgan fingerprint density at radius 3 is 2.45 bits per heavy atom. The number of aromatic nitrogens is 1. The molecule has 2 aliphatic carbocycles. The number of pyridine rings is 1. The molecular weight excluding hydrogens is 526 g/mol. The van der Waals surface area contributed by atoms with E-state index in [9.17, 15) is 14.7 Å². The molecule has 3 unspecified atom stereocenters. The second-order valence-electron chi connectivity index (χ2n) is 12.6. The third kappa shape index (κ3) is 5.08. The molecule has 0 spiro atoms. The van der Waals surface area contributed by atoms with Gasteiger partial charge < -0.3 is 9.84 Å². The Hall–Kier alpha value is -4.39. The Bertz CT molecular complexity index is 1630. The van der Waals surface area contributed by atoms with Gasteiger partial charge in [0.2, 0.25) is 0 Å². The summed E-state index contributed by atoms with van der Waals surface area (Å²) in [6, 6.07) is 28.0. The highest BCUT2D eigenvalue weighted by molar-refractivity contribution is 5.97. The number of fused-ring (bicyclic) bond motifs is 3. The summed E-state index contributed by atoms with van der Waals surface area (Å²) in [6.45, 7) is 5.54. The van der Waals surface area contributed by atoms with Gasteiger partial charge in [-0.1, -0.05) is 61.0 Å². The molecule has 7 heteroatoms. The van der Waals surface area contributed by atoms with Crippen LogP contribution >= 0.6 is 0 Å². The van der Waals surface area contributed by atoms with Gasteiger partial charge >= 0.3 is 6.09 Å². The first-order chi connectivity index (χ1) is 20.1. The fourth-order valence-corrected chi connectivity index (χ4v) is 7.09. The molecule has 3 aromatic carbocycles. The molecule has 216 valence electrons. The van der Waals surface area contributed by atoms with Crippen LogP contribution in [0.5, 0.6) is 5.75 Å². The third-order valence-electron chi connectivity index (χ3n) is 8.97. The zero-order chi connectivity index (χ0) is 29.5. The Kier molecular flexibility index (Phi) is 7.13. The SMILES string of the molecule is CC(C)(C)N(NC(=O)c1ccc(OCc2ccc3ccccc3n2)cc1C1(c2ccccc2)CC2CCC1C2)C(=O)O. The molecule has 3 atom stereocenters. The highest BCUT2D eigenvalue weighted by atomic mass is 16.5. The van der Waals surface area contributed by atoms with Gasteiger partial charge in [0.1, 0.15) is 12.4 Å². The number of nitrogens with zero attached hydrogens (tertiary/aromatic N) is 2. The van der Waals surface area contributed by atoms with Crippen molar-refractivity contribution in [2.45, 2.75) is 64.0 Å². The summed E-state index contributed by atoms with van der Waals surface area (Å²) in [7, 11) is 0. The van der Waals surface area contributed by atoms with Crippen molar-refractivity contribution in [3.8, 4) is 5.75 Å². The van der Waals surface area contributed by atoms with E-state index in [0.29, 0.717) is 23.1 Å². The number of hydrogen-bond acceptors (Lipinski definition) is 4. The predicted octanol–water partition coefficient (Wildman–Crippen LogP) is 7.34. The first-order valence-electron chi connectivity index (χ1n) is 14.7. The molecule has 0 radical (unpaired) electrons. The van der Waals surface area contributed by atoms with Gasteiger partial charge in [-0.15, -0.1) is 0 Å². The molecule has 4 aromatic rings. The zero-order valence-corrected chi connectivity index (χ0v) is 24.3. The van der Waals surface area contributed by atoms with E-state index in [-0.39, 0.29) is 12.0 Å². The second kappa shape index (κ2) is 10.8. The van der Waals surface area contributed by atoms with Crippen LogP contribution in [0.1, 0.15) is 73.6 Å². The standard InChI is InChI=1S/C35H37N3O4/c1-34(2,3)38(33(40)41)37-32(39)29-18-17-28(42-22-27-16-14-24-9-7-8-12-31(24)36-27)20-30(29)35(25-10-5-4-6-11-25)21-23-13-15-26(35)19-23/h4-12,14,16-18,20,23,26H,13,15,19,21-22H2,1-3H3,(H,37,39)(H,40,41). The molecule has 42 heavy (non-hydrogen) atoms. The highest BCUT2D eigenvalue weighted by Gasteiger charge is 2.54. The lowest BCUT2D eigenvalue weighted by molar-refractivity contribution is 0.0495. The number of hydrogen-bond donors (Lipinski definition) is 2. The molecule has 6 rings (SSSR count). The summed E-state index contributed by atoms with van der Waals surface area (Å²) < 4.78 is 6.31. The van der Waals surface area contributed by atoms with Crippen LogP contribution < -0.4 is 10.2 Å². The van der Waals surface area contributed by atoms with Crippen molar-refractivity contribution >= 4 is 22.9 Å². The topological polar surface area (TPSA) is 91.8 Å². The van der Waals surface area contributed by atoms with Crippen LogP contribution in [0.25, 0.3) is 10.9 Å². The van der Waals surface area contributed by atoms with E-state index in [1.165, 1.54) is 12.0 Å². The minimum atomic E-state index is -1.21. The van der Waals surface area contributed by atoms with Crippen molar-refractivity contribution in [2.75, 3.05) is 0 Å². The van der Waals surface area contributed by atoms with Crippen molar-refractivity contribution in [1.82, 2.24) is 15.4 Å². The molecule has 2 bridgehead atoms. The molecule has 1 heterocycles. The Morgan fingerprint density at radius 1 is 1.00 bits per heavy atom. The molecule has 0 aliphatic heterocycles. The molecule has 2 aliphatic rings. The quantitative estimate of drug-likeness (QED) is 0.240. The maximum absolute atomic E-state index is 13.9. The van der Waals surface area contributed by atoms with E-state index in [0.717, 1.165) is 46.4 Å². The number of carboxylic acid groups (broad SMARTS) is 1. The molecule has 2 N–H and O–H groups in total. The Labute approximate surface area is 246 Å². The largest absolute Gasteiger partial charge is 0.487 e. The summed E-state index contributed by atoms with van der Waals surface area (Å²) in [5, 5.41) is 11.9. The van der Waals surface area contributed by atoms with Crippen molar-refractivity contribution in [3.63, 3.8) is 0 Å². The summed E-state index contributed by atoms with van der Waals surface area (Å²) in [5.74, 6) is 1.18. The lowest BCUT2D eigenvalue weighted by Crippen LogP contribution is -2.55. The normalized spacial score (nSPS) is 21.3. The molecule has 2 saturated carbocycles. The number of nitrogens with one attached hydrogen (secondary N) is 1. The molecule has 1 aromatic heterocycles. The number of hydrazine groups is 1. The Morgan fingerprint density at radius 2 is 1.76 bits per heavy atom. The van der Waals surface area contributed by atoms with Crippen LogP contribution in [0.2, 0.25) is 0 Å². The average molecular weight is 564 g/mol. The predicted molar refractivity (Wildman–Crippen MR) is 162 cm³/mol. The lowest BCUT2D eigenvalue weighted by atomic mass is 9.63. The van der Waals surface area contributed by atoms with E-state index in [1.807, 2.05) is 48.5 Å². The minimum Gasteiger partial charge on any atom is -0.487 e. The number of para-hydroxylation sites is 1. The number of carbonyl (C=O) groups excluding carboxylic acids is 1. The van der Waals surface area contributed by atoms with E-state index < -0.39 is 17.5 Å². The molecule has 0 saturated heterocycles. The highest BCUT2D eigenvalue weighted by Crippen LogP contribution is 2.60. The van der Waals surface area contributed by atoms with Gasteiger partial charge in [-0.25, -0.2) is 14.8 Å². The fraction of sp³-hybridized carbons (Fsp3) is 0.343. The van der Waals surface area contributed by atoms with Crippen molar-refractivity contribution in [2.24, 2.45) is 11.8 Å². The van der Waals surface area contributed by atoms with Crippen molar-refractivity contribution < 1.29 is 19.4 Å². The average Bonchev–Trinajstić information content (AvgIpc) is 3.61. The summed E-state index contributed by atoms with van der Waals surface area (Å²) >= 11 is 0. The van der Waals surface area contributed by atoms with Crippen LogP contribution in [0.3, 0.4) is 0 Å². The molecular formula is C35H37N3O4. The molecule has 2 fully saturated rings. The van der Waals surface area contributed by atoms with Gasteiger partial charge in [0.15, 0.2) is 0 Å². The van der Waals surface area contributed by atoms with Gasteiger partial charge in [-0.2, -0.15) is 0 Å². The van der Waals surface area contributed by atoms with E-state index in [4.69, 9.17) is 9.72 Å². The first kappa shape index (κ1) is 27.8. The van der Waals surface area contributed by atoms with E-state index >= 15 is 0 Å². The number of ether oxygens (including phenoxy) is 1. The van der Waals surface area contributed by atoms with Crippen molar-refractivity contribution in [3.05, 3.63) is 107 Å². The molecule has 2 amide bonds. The van der Waals surface area contributed by atoms with Crippen LogP contribution in [0.4, 0.5) is 4.79 Å². The van der Waals surface area contributed by atoms with E-state index in [1.54, 1.807) is 32.9 Å². The van der Waals surface area contributed by atoms with Gasteiger partial charge in [-0.05, 0) is 93.3 Å². The minimum absolute atomic E-state index is 0.289. The maximum Gasteiger partial charge on any atom is 0.426 e. The number of amides is 2. The molecule has 7 nitrogen and oxygen atoms in total. The Balaban J connectivity index is 1.41. The zero-order valence-electron chi connectivity index (χ0n) is 24.3. The summed E-state index contributed by atoms with van der Waals surface area (Å²) in [6.07, 6.45) is 3.14. The lowest BCUT2D eigenvalue weighted by Gasteiger charge is -2.41. The number of carbonyl (C=O) groups is 2.